The maximum Gasteiger partial charge on any atom is 0.266 e. The van der Waals surface area contributed by atoms with Gasteiger partial charge in [0.15, 0.2) is 16.7 Å². The molecule has 0 bridgehead atoms. The Bertz CT molecular complexity index is 1540. The van der Waals surface area contributed by atoms with Crippen molar-refractivity contribution in [2.75, 3.05) is 7.11 Å². The Hall–Kier alpha value is -4.03. The van der Waals surface area contributed by atoms with E-state index in [0.717, 1.165) is 16.8 Å². The van der Waals surface area contributed by atoms with E-state index in [0.29, 0.717) is 28.2 Å². The van der Waals surface area contributed by atoms with Crippen molar-refractivity contribution in [1.82, 2.24) is 4.90 Å². The lowest BCUT2D eigenvalue weighted by atomic mass is 10.1. The van der Waals surface area contributed by atoms with Crippen LogP contribution in [0.1, 0.15) is 30.5 Å². The first-order valence-corrected chi connectivity index (χ1v) is 13.4. The topological polar surface area (TPSA) is 51.1 Å². The van der Waals surface area contributed by atoms with E-state index in [-0.39, 0.29) is 11.9 Å². The van der Waals surface area contributed by atoms with Gasteiger partial charge in [0.1, 0.15) is 6.61 Å². The fraction of sp³-hybridized carbons (Fsp3) is 0.188. The van der Waals surface area contributed by atoms with E-state index in [2.05, 4.69) is 24.3 Å². The van der Waals surface area contributed by atoms with Gasteiger partial charge in [-0.15, -0.1) is 0 Å². The molecule has 5 rings (SSSR count). The standard InChI is InChI=1S/C32H30N2O3S/c1-21(2)34-31(35)30(38-32(34)33-26-15-12-22(3)13-16-26)19-23-14-17-28(29(18-23)36-4)37-20-25-10-7-9-24-8-5-6-11-27(24)25/h5-19,21H,20H2,1-4H3/b30-19+,33-32?. The van der Waals surface area contributed by atoms with Crippen LogP contribution in [0.2, 0.25) is 0 Å². The van der Waals surface area contributed by atoms with Crippen LogP contribution in [0.3, 0.4) is 0 Å². The average molecular weight is 523 g/mol. The molecular weight excluding hydrogens is 492 g/mol. The Labute approximate surface area is 227 Å². The van der Waals surface area contributed by atoms with Crippen molar-refractivity contribution >= 4 is 45.4 Å². The van der Waals surface area contributed by atoms with Gasteiger partial charge in [0, 0.05) is 6.04 Å². The molecule has 192 valence electrons. The number of rotatable bonds is 7. The van der Waals surface area contributed by atoms with Crippen LogP contribution in [-0.2, 0) is 11.4 Å². The summed E-state index contributed by atoms with van der Waals surface area (Å²) >= 11 is 1.39. The van der Waals surface area contributed by atoms with Crippen molar-refractivity contribution in [1.29, 1.82) is 0 Å². The summed E-state index contributed by atoms with van der Waals surface area (Å²) in [5, 5.41) is 3.04. The fourth-order valence-corrected chi connectivity index (χ4v) is 5.49. The van der Waals surface area contributed by atoms with Gasteiger partial charge in [-0.2, -0.15) is 0 Å². The third kappa shape index (κ3) is 5.46. The van der Waals surface area contributed by atoms with Crippen LogP contribution in [-0.4, -0.2) is 29.1 Å². The number of carbonyl (C=O) groups is 1. The molecule has 1 heterocycles. The van der Waals surface area contributed by atoms with Gasteiger partial charge in [0.2, 0.25) is 0 Å². The first kappa shape index (κ1) is 25.6. The highest BCUT2D eigenvalue weighted by Gasteiger charge is 2.35. The summed E-state index contributed by atoms with van der Waals surface area (Å²) in [6.07, 6.45) is 1.89. The van der Waals surface area contributed by atoms with Crippen molar-refractivity contribution < 1.29 is 14.3 Å². The van der Waals surface area contributed by atoms with Crippen molar-refractivity contribution in [2.24, 2.45) is 4.99 Å². The number of aliphatic imine (C=N–C) groups is 1. The maximum atomic E-state index is 13.3. The molecule has 5 nitrogen and oxygen atoms in total. The predicted molar refractivity (Wildman–Crippen MR) is 157 cm³/mol. The van der Waals surface area contributed by atoms with E-state index in [1.807, 2.05) is 87.5 Å². The van der Waals surface area contributed by atoms with Crippen LogP contribution in [0, 0.1) is 6.92 Å². The Kier molecular flexibility index (Phi) is 7.52. The summed E-state index contributed by atoms with van der Waals surface area (Å²) in [6.45, 7) is 6.46. The van der Waals surface area contributed by atoms with E-state index in [1.54, 1.807) is 12.0 Å². The third-order valence-corrected chi connectivity index (χ3v) is 7.34. The number of thioether (sulfide) groups is 1. The Morgan fingerprint density at radius 2 is 1.71 bits per heavy atom. The number of hydrogen-bond acceptors (Lipinski definition) is 5. The minimum absolute atomic E-state index is 0.00974. The molecule has 1 saturated heterocycles. The van der Waals surface area contributed by atoms with Crippen LogP contribution in [0.25, 0.3) is 16.8 Å². The van der Waals surface area contributed by atoms with E-state index in [1.165, 1.54) is 28.1 Å². The number of fused-ring (bicyclic) bond motifs is 1. The third-order valence-electron chi connectivity index (χ3n) is 6.36. The number of aryl methyl sites for hydroxylation is 1. The zero-order chi connectivity index (χ0) is 26.6. The number of benzene rings is 4. The number of amides is 1. The molecule has 1 aliphatic heterocycles. The van der Waals surface area contributed by atoms with Gasteiger partial charge in [0.05, 0.1) is 17.7 Å². The Morgan fingerprint density at radius 1 is 0.947 bits per heavy atom. The number of amidine groups is 1. The molecule has 1 fully saturated rings. The van der Waals surface area contributed by atoms with Gasteiger partial charge in [-0.05, 0) is 84.8 Å². The van der Waals surface area contributed by atoms with Crippen molar-refractivity contribution in [3.05, 3.63) is 107 Å². The second-order valence-electron chi connectivity index (χ2n) is 9.45. The van der Waals surface area contributed by atoms with Gasteiger partial charge >= 0.3 is 0 Å². The van der Waals surface area contributed by atoms with Crippen LogP contribution in [0.4, 0.5) is 5.69 Å². The van der Waals surface area contributed by atoms with E-state index in [9.17, 15) is 4.79 Å². The number of nitrogens with zero attached hydrogens (tertiary/aromatic N) is 2. The molecule has 1 aliphatic rings. The number of ether oxygens (including phenoxy) is 2. The summed E-state index contributed by atoms with van der Waals surface area (Å²) < 4.78 is 11.8. The lowest BCUT2D eigenvalue weighted by Crippen LogP contribution is -2.35. The number of hydrogen-bond donors (Lipinski definition) is 0. The molecule has 6 heteroatoms. The molecular formula is C32H30N2O3S. The van der Waals surface area contributed by atoms with Crippen molar-refractivity contribution in [3.8, 4) is 11.5 Å². The molecule has 38 heavy (non-hydrogen) atoms. The molecule has 0 radical (unpaired) electrons. The molecule has 0 unspecified atom stereocenters. The van der Waals surface area contributed by atoms with E-state index in [4.69, 9.17) is 14.5 Å². The molecule has 0 N–H and O–H groups in total. The zero-order valence-electron chi connectivity index (χ0n) is 22.0. The van der Waals surface area contributed by atoms with E-state index >= 15 is 0 Å². The largest absolute Gasteiger partial charge is 0.493 e. The highest BCUT2D eigenvalue weighted by Crippen LogP contribution is 2.37. The quantitative estimate of drug-likeness (QED) is 0.233. The summed E-state index contributed by atoms with van der Waals surface area (Å²) in [7, 11) is 1.62. The first-order valence-electron chi connectivity index (χ1n) is 12.6. The average Bonchev–Trinajstić information content (AvgIpc) is 3.23. The normalized spacial score (nSPS) is 15.7. The second kappa shape index (κ2) is 11.2. The van der Waals surface area contributed by atoms with Gasteiger partial charge < -0.3 is 9.47 Å². The molecule has 4 aromatic carbocycles. The van der Waals surface area contributed by atoms with Crippen molar-refractivity contribution in [2.45, 2.75) is 33.4 Å². The van der Waals surface area contributed by atoms with Crippen LogP contribution < -0.4 is 9.47 Å². The van der Waals surface area contributed by atoms with Crippen LogP contribution in [0.5, 0.6) is 11.5 Å². The molecule has 0 saturated carbocycles. The summed E-state index contributed by atoms with van der Waals surface area (Å²) in [6, 6.07) is 28.2. The van der Waals surface area contributed by atoms with Crippen LogP contribution in [0.15, 0.2) is 94.8 Å². The van der Waals surface area contributed by atoms with Gasteiger partial charge in [0.25, 0.3) is 5.91 Å². The predicted octanol–water partition coefficient (Wildman–Crippen LogP) is 7.75. The minimum atomic E-state index is -0.0499. The second-order valence-corrected chi connectivity index (χ2v) is 10.5. The lowest BCUT2D eigenvalue weighted by molar-refractivity contribution is -0.123. The molecule has 0 spiro atoms. The molecule has 4 aromatic rings. The first-order chi connectivity index (χ1) is 18.4. The number of methoxy groups -OCH3 is 1. The lowest BCUT2D eigenvalue weighted by Gasteiger charge is -2.19. The molecule has 0 aliphatic carbocycles. The summed E-state index contributed by atoms with van der Waals surface area (Å²) in [5.74, 6) is 1.22. The molecule has 1 amide bonds. The SMILES string of the molecule is COc1cc(/C=C2/SC(=Nc3ccc(C)cc3)N(C(C)C)C2=O)ccc1OCc1cccc2ccccc12. The Balaban J connectivity index is 1.38. The van der Waals surface area contributed by atoms with Gasteiger partial charge in [-0.1, -0.05) is 66.2 Å². The van der Waals surface area contributed by atoms with Crippen molar-refractivity contribution in [3.63, 3.8) is 0 Å². The smallest absolute Gasteiger partial charge is 0.266 e. The number of carbonyl (C=O) groups excluding carboxylic acids is 1. The minimum Gasteiger partial charge on any atom is -0.493 e. The Morgan fingerprint density at radius 3 is 2.47 bits per heavy atom. The highest BCUT2D eigenvalue weighted by atomic mass is 32.2. The fourth-order valence-electron chi connectivity index (χ4n) is 4.37. The summed E-state index contributed by atoms with van der Waals surface area (Å²) in [4.78, 5) is 20.4. The molecule has 0 aromatic heterocycles. The van der Waals surface area contributed by atoms with Gasteiger partial charge in [-0.3, -0.25) is 9.69 Å². The van der Waals surface area contributed by atoms with E-state index < -0.39 is 0 Å². The van der Waals surface area contributed by atoms with Crippen LogP contribution >= 0.6 is 11.8 Å². The molecule has 0 atom stereocenters. The highest BCUT2D eigenvalue weighted by molar-refractivity contribution is 8.18. The summed E-state index contributed by atoms with van der Waals surface area (Å²) in [5.41, 5.74) is 3.96. The van der Waals surface area contributed by atoms with Gasteiger partial charge in [-0.25, -0.2) is 4.99 Å². The maximum absolute atomic E-state index is 13.3. The monoisotopic (exact) mass is 522 g/mol. The zero-order valence-corrected chi connectivity index (χ0v) is 22.8.